The van der Waals surface area contributed by atoms with E-state index in [9.17, 15) is 0 Å². The molecule has 0 aliphatic rings. The fraction of sp³-hybridized carbons (Fsp3) is 0.333. The van der Waals surface area contributed by atoms with E-state index in [1.807, 2.05) is 0 Å². The average Bonchev–Trinajstić information content (AvgIpc) is 1.37. The lowest BCUT2D eigenvalue weighted by molar-refractivity contribution is 1.94. The van der Waals surface area contributed by atoms with Gasteiger partial charge in [-0.3, -0.25) is 0 Å². The summed E-state index contributed by atoms with van der Waals surface area (Å²) in [5.74, 6) is 2.64. The van der Waals surface area contributed by atoms with Crippen LogP contribution in [0.3, 0.4) is 0 Å². The molecular formula is C3H5P. The lowest BCUT2D eigenvalue weighted by atomic mass is 10.9. The van der Waals surface area contributed by atoms with E-state index in [4.69, 9.17) is 0 Å². The van der Waals surface area contributed by atoms with Crippen molar-refractivity contribution in [3.8, 4) is 11.6 Å². The van der Waals surface area contributed by atoms with Gasteiger partial charge >= 0.3 is 0 Å². The molecule has 0 saturated heterocycles. The summed E-state index contributed by atoms with van der Waals surface area (Å²) in [6.07, 6.45) is 0. The van der Waals surface area contributed by atoms with Crippen LogP contribution in [0.25, 0.3) is 0 Å². The molecular weight excluding hydrogens is 67.0 g/mol. The predicted molar refractivity (Wildman–Crippen MR) is 23.2 cm³/mol. The Hall–Kier alpha value is -0.0100. The normalized spacial score (nSPS) is 3.50. The van der Waals surface area contributed by atoms with E-state index in [1.54, 1.807) is 6.92 Å². The molecule has 0 heterocycles. The second-order valence-electron chi connectivity index (χ2n) is 0.394. The van der Waals surface area contributed by atoms with Crippen molar-refractivity contribution in [3.05, 3.63) is 0 Å². The van der Waals surface area contributed by atoms with Gasteiger partial charge in [0.2, 0.25) is 0 Å². The van der Waals surface area contributed by atoms with Crippen LogP contribution in [0.5, 0.6) is 0 Å². The van der Waals surface area contributed by atoms with Crippen molar-refractivity contribution in [3.63, 3.8) is 0 Å². The average molecular weight is 72.0 g/mol. The Bertz CT molecular complexity index is 40.0. The Morgan fingerprint density at radius 2 is 2.00 bits per heavy atom. The molecule has 1 heteroatoms. The molecule has 0 aliphatic carbocycles. The van der Waals surface area contributed by atoms with Crippen molar-refractivity contribution in [2.75, 3.05) is 0 Å². The van der Waals surface area contributed by atoms with E-state index in [2.05, 4.69) is 20.8 Å². The summed E-state index contributed by atoms with van der Waals surface area (Å²) < 4.78 is 0. The first-order valence-electron chi connectivity index (χ1n) is 1.04. The summed E-state index contributed by atoms with van der Waals surface area (Å²) in [6, 6.07) is 0. The van der Waals surface area contributed by atoms with Crippen LogP contribution in [-0.2, 0) is 0 Å². The van der Waals surface area contributed by atoms with Crippen molar-refractivity contribution >= 4 is 9.24 Å². The largest absolute Gasteiger partial charge is 0.103 e. The second-order valence-corrected chi connectivity index (χ2v) is 0.683. The number of hydrogen-bond donors (Lipinski definition) is 0. The summed E-state index contributed by atoms with van der Waals surface area (Å²) in [6.45, 7) is 1.80. The second kappa shape index (κ2) is 2.99. The minimum absolute atomic E-state index is 1.80. The van der Waals surface area contributed by atoms with Crippen LogP contribution in [0, 0.1) is 11.6 Å². The molecule has 0 bridgehead atoms. The molecule has 0 amide bonds. The highest BCUT2D eigenvalue weighted by Gasteiger charge is 1.26. The molecule has 0 fully saturated rings. The smallest absolute Gasteiger partial charge is 0.00238 e. The molecule has 1 atom stereocenters. The van der Waals surface area contributed by atoms with Crippen LogP contribution in [-0.4, -0.2) is 0 Å². The molecule has 0 nitrogen and oxygen atoms in total. The molecule has 0 radical (unpaired) electrons. The van der Waals surface area contributed by atoms with Crippen molar-refractivity contribution in [1.82, 2.24) is 0 Å². The monoisotopic (exact) mass is 72.0 g/mol. The third-order valence-electron chi connectivity index (χ3n) is 0.144. The molecule has 22 valence electrons. The molecule has 0 rings (SSSR count). The molecule has 0 aromatic heterocycles. The zero-order valence-electron chi connectivity index (χ0n) is 2.58. The van der Waals surface area contributed by atoms with Gasteiger partial charge in [-0.15, -0.1) is 5.92 Å². The maximum absolute atomic E-state index is 2.64. The van der Waals surface area contributed by atoms with Gasteiger partial charge in [-0.2, -0.15) is 0 Å². The van der Waals surface area contributed by atoms with E-state index in [0.717, 1.165) is 0 Å². The Balaban J connectivity index is 2.83. The lowest BCUT2D eigenvalue weighted by Crippen LogP contribution is -1.20. The zero-order chi connectivity index (χ0) is 3.41. The van der Waals surface area contributed by atoms with Crippen LogP contribution in [0.2, 0.25) is 0 Å². The lowest BCUT2D eigenvalue weighted by Gasteiger charge is -1.40. The van der Waals surface area contributed by atoms with Crippen molar-refractivity contribution in [1.29, 1.82) is 0 Å². The standard InChI is InChI=1S/C3H5P/c1-2-3-4/h4H2,1H3. The van der Waals surface area contributed by atoms with Gasteiger partial charge < -0.3 is 0 Å². The van der Waals surface area contributed by atoms with Gasteiger partial charge in [0, 0.05) is 0 Å². The minimum Gasteiger partial charge on any atom is -0.103 e. The Morgan fingerprint density at radius 1 is 1.75 bits per heavy atom. The third kappa shape index (κ3) is 1.99. The molecule has 4 heavy (non-hydrogen) atoms. The molecule has 0 saturated carbocycles. The highest BCUT2D eigenvalue weighted by Crippen LogP contribution is 1.64. The molecule has 0 aliphatic heterocycles. The number of hydrogen-bond acceptors (Lipinski definition) is 0. The maximum atomic E-state index is 2.64. The zero-order valence-corrected chi connectivity index (χ0v) is 3.73. The van der Waals surface area contributed by atoms with Crippen LogP contribution in [0.1, 0.15) is 6.92 Å². The molecule has 1 unspecified atom stereocenters. The summed E-state index contributed by atoms with van der Waals surface area (Å²) in [5, 5.41) is 0. The van der Waals surface area contributed by atoms with Gasteiger partial charge in [0.15, 0.2) is 0 Å². The van der Waals surface area contributed by atoms with Crippen molar-refractivity contribution in [2.45, 2.75) is 6.92 Å². The van der Waals surface area contributed by atoms with E-state index in [-0.39, 0.29) is 0 Å². The highest BCUT2D eigenvalue weighted by atomic mass is 31.0. The van der Waals surface area contributed by atoms with Crippen molar-refractivity contribution < 1.29 is 0 Å². The van der Waals surface area contributed by atoms with Gasteiger partial charge in [-0.25, -0.2) is 0 Å². The van der Waals surface area contributed by atoms with Crippen LogP contribution >= 0.6 is 9.24 Å². The summed E-state index contributed by atoms with van der Waals surface area (Å²) in [7, 11) is 2.29. The molecule has 0 aromatic rings. The first-order valence-corrected chi connectivity index (χ1v) is 1.62. The van der Waals surface area contributed by atoms with Crippen molar-refractivity contribution in [2.24, 2.45) is 0 Å². The summed E-state index contributed by atoms with van der Waals surface area (Å²) >= 11 is 0. The van der Waals surface area contributed by atoms with E-state index in [0.29, 0.717) is 0 Å². The predicted octanol–water partition coefficient (Wildman–Crippen LogP) is 0.842. The SMILES string of the molecule is CC#CP. The summed E-state index contributed by atoms with van der Waals surface area (Å²) in [4.78, 5) is 0. The molecule has 0 N–H and O–H groups in total. The van der Waals surface area contributed by atoms with E-state index >= 15 is 0 Å². The Morgan fingerprint density at radius 3 is 2.00 bits per heavy atom. The van der Waals surface area contributed by atoms with Crippen LogP contribution in [0.4, 0.5) is 0 Å². The van der Waals surface area contributed by atoms with Gasteiger partial charge in [-0.1, -0.05) is 14.9 Å². The fourth-order valence-corrected chi connectivity index (χ4v) is 0. The Labute approximate surface area is 28.8 Å². The van der Waals surface area contributed by atoms with Gasteiger partial charge in [-0.05, 0) is 6.92 Å². The summed E-state index contributed by atoms with van der Waals surface area (Å²) in [5.41, 5.74) is 2.60. The van der Waals surface area contributed by atoms with Gasteiger partial charge in [0.05, 0.1) is 0 Å². The third-order valence-corrected chi connectivity index (χ3v) is 0.433. The molecule has 0 aromatic carbocycles. The fourth-order valence-electron chi connectivity index (χ4n) is 0. The highest BCUT2D eigenvalue weighted by molar-refractivity contribution is 7.23. The van der Waals surface area contributed by atoms with Crippen LogP contribution in [0.15, 0.2) is 0 Å². The van der Waals surface area contributed by atoms with Gasteiger partial charge in [0.25, 0.3) is 0 Å². The quantitative estimate of drug-likeness (QED) is 0.294. The number of rotatable bonds is 0. The Kier molecular flexibility index (Phi) is 2.98. The first kappa shape index (κ1) is 3.99. The molecule has 0 spiro atoms. The minimum atomic E-state index is 1.80. The van der Waals surface area contributed by atoms with E-state index in [1.165, 1.54) is 0 Å². The first-order chi connectivity index (χ1) is 1.91. The maximum Gasteiger partial charge on any atom is -0.00238 e. The topological polar surface area (TPSA) is 0 Å². The van der Waals surface area contributed by atoms with Crippen LogP contribution < -0.4 is 0 Å². The van der Waals surface area contributed by atoms with E-state index < -0.39 is 0 Å². The van der Waals surface area contributed by atoms with Gasteiger partial charge in [0.1, 0.15) is 0 Å².